The average Bonchev–Trinajstić information content (AvgIpc) is 2.65. The van der Waals surface area contributed by atoms with Gasteiger partial charge in [-0.3, -0.25) is 9.59 Å². The van der Waals surface area contributed by atoms with Gasteiger partial charge in [0.2, 0.25) is 0 Å². The maximum absolute atomic E-state index is 12.5. The first kappa shape index (κ1) is 25.5. The van der Waals surface area contributed by atoms with E-state index in [9.17, 15) is 24.9 Å². The van der Waals surface area contributed by atoms with E-state index in [2.05, 4.69) is 0 Å². The lowest BCUT2D eigenvalue weighted by Gasteiger charge is -2.31. The molecule has 6 heteroatoms. The maximum Gasteiger partial charge on any atom is 0.308 e. The van der Waals surface area contributed by atoms with Crippen LogP contribution in [0.4, 0.5) is 0 Å². The van der Waals surface area contributed by atoms with E-state index in [1.54, 1.807) is 19.9 Å². The Morgan fingerprint density at radius 1 is 1.17 bits per heavy atom. The first-order valence-electron chi connectivity index (χ1n) is 10.6. The van der Waals surface area contributed by atoms with Crippen LogP contribution in [0.15, 0.2) is 23.8 Å². The largest absolute Gasteiger partial charge is 0.459 e. The summed E-state index contributed by atoms with van der Waals surface area (Å²) in [5, 5.41) is 31.3. The molecule has 1 heterocycles. The molecule has 0 radical (unpaired) electrons. The van der Waals surface area contributed by atoms with Crippen LogP contribution in [0.3, 0.4) is 0 Å². The molecule has 0 aromatic heterocycles. The molecule has 29 heavy (non-hydrogen) atoms. The maximum atomic E-state index is 12.5. The fourth-order valence-electron chi connectivity index (χ4n) is 3.92. The van der Waals surface area contributed by atoms with Gasteiger partial charge in [0.1, 0.15) is 6.10 Å². The van der Waals surface area contributed by atoms with E-state index < -0.39 is 36.3 Å². The Labute approximate surface area is 174 Å². The molecule has 0 spiro atoms. The van der Waals surface area contributed by atoms with Gasteiger partial charge in [-0.1, -0.05) is 51.8 Å². The third kappa shape index (κ3) is 7.68. The van der Waals surface area contributed by atoms with Crippen molar-refractivity contribution in [1.82, 2.24) is 0 Å². The van der Waals surface area contributed by atoms with Crippen molar-refractivity contribution in [3.8, 4) is 0 Å². The quantitative estimate of drug-likeness (QED) is 0.605. The number of hydrogen-bond acceptors (Lipinski definition) is 6. The Bertz CT molecular complexity index is 608. The summed E-state index contributed by atoms with van der Waals surface area (Å²) < 4.78 is 5.45. The Kier molecular flexibility index (Phi) is 10.2. The smallest absolute Gasteiger partial charge is 0.308 e. The zero-order chi connectivity index (χ0) is 22.3. The lowest BCUT2D eigenvalue weighted by atomic mass is 9.80. The molecule has 3 N–H and O–H groups in total. The second-order valence-corrected chi connectivity index (χ2v) is 8.63. The predicted octanol–water partition coefficient (Wildman–Crippen LogP) is 2.80. The minimum absolute atomic E-state index is 0.0187. The van der Waals surface area contributed by atoms with Crippen molar-refractivity contribution in [2.45, 2.75) is 85.2 Å². The highest BCUT2D eigenvalue weighted by molar-refractivity contribution is 5.91. The van der Waals surface area contributed by atoms with Gasteiger partial charge in [-0.2, -0.15) is 0 Å². The van der Waals surface area contributed by atoms with Crippen LogP contribution < -0.4 is 0 Å². The molecule has 1 aliphatic rings. The van der Waals surface area contributed by atoms with Gasteiger partial charge in [-0.15, -0.1) is 0 Å². The molecular weight excluding hydrogens is 372 g/mol. The number of carbonyl (C=O) groups excluding carboxylic acids is 2. The monoisotopic (exact) mass is 410 g/mol. The summed E-state index contributed by atoms with van der Waals surface area (Å²) in [4.78, 5) is 24.9. The molecule has 6 nitrogen and oxygen atoms in total. The van der Waals surface area contributed by atoms with Crippen LogP contribution in [-0.2, 0) is 14.3 Å². The van der Waals surface area contributed by atoms with Crippen LogP contribution in [0.1, 0.15) is 60.8 Å². The fraction of sp³-hybridized carbons (Fsp3) is 0.739. The van der Waals surface area contributed by atoms with Crippen molar-refractivity contribution < 1.29 is 29.6 Å². The number of esters is 1. The topological polar surface area (TPSA) is 104 Å². The number of ether oxygens (including phenoxy) is 1. The number of ketones is 1. The molecule has 0 saturated carbocycles. The van der Waals surface area contributed by atoms with Crippen molar-refractivity contribution >= 4 is 11.8 Å². The highest BCUT2D eigenvalue weighted by Gasteiger charge is 2.33. The number of aliphatic hydroxyl groups excluding tert-OH is 3. The van der Waals surface area contributed by atoms with E-state index in [0.29, 0.717) is 12.8 Å². The number of allylic oxidation sites excluding steroid dienone is 3. The Balaban J connectivity index is 3.23. The molecule has 0 aliphatic carbocycles. The Morgan fingerprint density at radius 2 is 1.79 bits per heavy atom. The predicted molar refractivity (Wildman–Crippen MR) is 112 cm³/mol. The van der Waals surface area contributed by atoms with Gasteiger partial charge in [-0.25, -0.2) is 0 Å². The molecule has 1 rings (SSSR count). The summed E-state index contributed by atoms with van der Waals surface area (Å²) in [6, 6.07) is 0. The van der Waals surface area contributed by atoms with Gasteiger partial charge in [0.25, 0.3) is 0 Å². The van der Waals surface area contributed by atoms with Gasteiger partial charge in [-0.05, 0) is 32.3 Å². The second-order valence-electron chi connectivity index (χ2n) is 8.63. The van der Waals surface area contributed by atoms with E-state index in [-0.39, 0.29) is 30.0 Å². The zero-order valence-electron chi connectivity index (χ0n) is 18.5. The summed E-state index contributed by atoms with van der Waals surface area (Å²) in [7, 11) is 0. The summed E-state index contributed by atoms with van der Waals surface area (Å²) >= 11 is 0. The summed E-state index contributed by atoms with van der Waals surface area (Å²) in [6.07, 6.45) is 2.43. The normalized spacial score (nSPS) is 39.9. The minimum atomic E-state index is -1.08. The van der Waals surface area contributed by atoms with Crippen molar-refractivity contribution in [3.05, 3.63) is 23.8 Å². The van der Waals surface area contributed by atoms with E-state index >= 15 is 0 Å². The minimum Gasteiger partial charge on any atom is -0.459 e. The van der Waals surface area contributed by atoms with Gasteiger partial charge in [0.05, 0.1) is 24.7 Å². The van der Waals surface area contributed by atoms with E-state index in [1.165, 1.54) is 6.08 Å². The second kappa shape index (κ2) is 11.6. The SMILES string of the molecule is CC[C@H]1C[C@@H](C)C(=O)/C=C/C(C)=C/[C@H](C)[C@@H]([C@H](C)O)OC(=O)C[C@@H](O)[C@H](C)[C@H]1O. The average molecular weight is 411 g/mol. The van der Waals surface area contributed by atoms with Gasteiger partial charge in [0, 0.05) is 17.8 Å². The zero-order valence-corrected chi connectivity index (χ0v) is 18.5. The highest BCUT2D eigenvalue weighted by atomic mass is 16.6. The highest BCUT2D eigenvalue weighted by Crippen LogP contribution is 2.28. The van der Waals surface area contributed by atoms with Crippen LogP contribution in [0, 0.1) is 23.7 Å². The van der Waals surface area contributed by atoms with Gasteiger partial charge >= 0.3 is 5.97 Å². The molecule has 166 valence electrons. The standard InChI is InChI=1S/C23H38O6/c1-7-18-11-14(3)19(25)9-8-13(2)10-15(4)23(17(6)24)29-21(27)12-20(26)16(5)22(18)28/h8-10,14-18,20,22-24,26,28H,7,11-12H2,1-6H3/b9-8+,13-10+/t14-,15+,16+,17+,18+,20-,22-,23+/m1/s1. The number of hydrogen-bond donors (Lipinski definition) is 3. The number of carbonyl (C=O) groups is 2. The number of cyclic esters (lactones) is 1. The summed E-state index contributed by atoms with van der Waals surface area (Å²) in [6.45, 7) is 10.7. The number of rotatable bonds is 2. The van der Waals surface area contributed by atoms with Gasteiger partial charge < -0.3 is 20.1 Å². The molecule has 0 fully saturated rings. The third-order valence-electron chi connectivity index (χ3n) is 5.97. The lowest BCUT2D eigenvalue weighted by molar-refractivity contribution is -0.160. The van der Waals surface area contributed by atoms with Crippen molar-refractivity contribution in [3.63, 3.8) is 0 Å². The molecule has 0 aromatic carbocycles. The molecule has 1 aliphatic heterocycles. The molecule has 0 unspecified atom stereocenters. The van der Waals surface area contributed by atoms with Gasteiger partial charge in [0.15, 0.2) is 5.78 Å². The first-order chi connectivity index (χ1) is 13.5. The Hall–Kier alpha value is -1.50. The molecule has 0 bridgehead atoms. The van der Waals surface area contributed by atoms with Crippen LogP contribution in [0.5, 0.6) is 0 Å². The molecule has 0 amide bonds. The molecule has 0 aromatic rings. The molecular formula is C23H38O6. The molecule has 0 saturated heterocycles. The van der Waals surface area contributed by atoms with Crippen molar-refractivity contribution in [2.24, 2.45) is 23.7 Å². The van der Waals surface area contributed by atoms with E-state index in [4.69, 9.17) is 4.74 Å². The van der Waals surface area contributed by atoms with E-state index in [0.717, 1.165) is 5.57 Å². The van der Waals surface area contributed by atoms with Crippen molar-refractivity contribution in [2.75, 3.05) is 0 Å². The molecule has 8 atom stereocenters. The summed E-state index contributed by atoms with van der Waals surface area (Å²) in [5.74, 6) is -1.90. The third-order valence-corrected chi connectivity index (χ3v) is 5.97. The fourth-order valence-corrected chi connectivity index (χ4v) is 3.92. The van der Waals surface area contributed by atoms with Crippen molar-refractivity contribution in [1.29, 1.82) is 0 Å². The van der Waals surface area contributed by atoms with Crippen LogP contribution in [0.2, 0.25) is 0 Å². The summed E-state index contributed by atoms with van der Waals surface area (Å²) in [5.41, 5.74) is 0.826. The number of aliphatic hydroxyl groups is 3. The van der Waals surface area contributed by atoms with E-state index in [1.807, 2.05) is 33.8 Å². The van der Waals surface area contributed by atoms with Crippen LogP contribution >= 0.6 is 0 Å². The first-order valence-corrected chi connectivity index (χ1v) is 10.6. The van der Waals surface area contributed by atoms with Crippen LogP contribution in [-0.4, -0.2) is 51.5 Å². The van der Waals surface area contributed by atoms with Crippen LogP contribution in [0.25, 0.3) is 0 Å². The Morgan fingerprint density at radius 3 is 2.34 bits per heavy atom. The lowest BCUT2D eigenvalue weighted by Crippen LogP contribution is -2.39.